The Hall–Kier alpha value is -3.60. The summed E-state index contributed by atoms with van der Waals surface area (Å²) in [6, 6.07) is 9.31. The van der Waals surface area contributed by atoms with Crippen LogP contribution < -0.4 is 11.2 Å². The number of nitrogens with zero attached hydrogens (tertiary/aromatic N) is 6. The molecule has 0 saturated heterocycles. The van der Waals surface area contributed by atoms with Gasteiger partial charge in [0, 0.05) is 7.11 Å². The fourth-order valence-corrected chi connectivity index (χ4v) is 2.01. The molecule has 2 heterocycles. The van der Waals surface area contributed by atoms with Crippen LogP contribution in [0.15, 0.2) is 40.1 Å². The third-order valence-corrected chi connectivity index (χ3v) is 3.13. The highest BCUT2D eigenvalue weighted by atomic mass is 16.6. The minimum atomic E-state index is -0.555. The molecule has 0 aliphatic rings. The predicted octanol–water partition coefficient (Wildman–Crippen LogP) is 0.143. The van der Waals surface area contributed by atoms with E-state index >= 15 is 0 Å². The zero-order valence-electron chi connectivity index (χ0n) is 13.2. The lowest BCUT2D eigenvalue weighted by Crippen LogP contribution is -2.20. The van der Waals surface area contributed by atoms with Crippen molar-refractivity contribution >= 4 is 17.9 Å². The van der Waals surface area contributed by atoms with E-state index in [4.69, 9.17) is 10.5 Å². The number of nitrogen functional groups attached to an aromatic ring is 1. The molecular formula is C14H14N8O3. The Morgan fingerprint density at radius 2 is 2.20 bits per heavy atom. The van der Waals surface area contributed by atoms with Crippen LogP contribution in [0.2, 0.25) is 0 Å². The molecule has 0 aliphatic heterocycles. The summed E-state index contributed by atoms with van der Waals surface area (Å²) < 4.78 is 10.9. The molecule has 0 fully saturated rings. The number of hydrogen-bond acceptors (Lipinski definition) is 9. The highest BCUT2D eigenvalue weighted by molar-refractivity contribution is 5.94. The first-order valence-corrected chi connectivity index (χ1v) is 7.11. The number of carbonyl (C=O) groups is 1. The number of carbonyl (C=O) groups excluding carboxylic acids is 1. The van der Waals surface area contributed by atoms with Crippen molar-refractivity contribution in [1.29, 1.82) is 0 Å². The Morgan fingerprint density at radius 1 is 1.40 bits per heavy atom. The maximum atomic E-state index is 12.3. The van der Waals surface area contributed by atoms with Gasteiger partial charge in [0.2, 0.25) is 11.6 Å². The molecule has 0 bridgehead atoms. The van der Waals surface area contributed by atoms with E-state index in [0.717, 1.165) is 5.56 Å². The van der Waals surface area contributed by atoms with Crippen LogP contribution in [0.4, 0.5) is 5.82 Å². The number of methoxy groups -OCH3 is 1. The average molecular weight is 342 g/mol. The first-order valence-electron chi connectivity index (χ1n) is 7.11. The Balaban J connectivity index is 1.82. The molecular weight excluding hydrogens is 328 g/mol. The lowest BCUT2D eigenvalue weighted by Gasteiger charge is -2.03. The Bertz CT molecular complexity index is 887. The van der Waals surface area contributed by atoms with Gasteiger partial charge in [-0.3, -0.25) is 4.79 Å². The number of benzene rings is 1. The fourth-order valence-electron chi connectivity index (χ4n) is 2.01. The molecule has 0 unspecified atom stereocenters. The predicted molar refractivity (Wildman–Crippen MR) is 85.8 cm³/mol. The van der Waals surface area contributed by atoms with Gasteiger partial charge in [-0.1, -0.05) is 35.5 Å². The minimum absolute atomic E-state index is 0.0105. The summed E-state index contributed by atoms with van der Waals surface area (Å²) in [5.41, 5.74) is 9.23. The Labute approximate surface area is 141 Å². The molecule has 2 aromatic heterocycles. The van der Waals surface area contributed by atoms with E-state index in [1.165, 1.54) is 18.0 Å². The van der Waals surface area contributed by atoms with Crippen molar-refractivity contribution in [3.63, 3.8) is 0 Å². The van der Waals surface area contributed by atoms with E-state index in [0.29, 0.717) is 5.69 Å². The summed E-state index contributed by atoms with van der Waals surface area (Å²) in [5, 5.41) is 18.7. The normalized spacial score (nSPS) is 11.1. The van der Waals surface area contributed by atoms with E-state index in [1.54, 1.807) is 0 Å². The lowest BCUT2D eigenvalue weighted by molar-refractivity contribution is 0.0944. The van der Waals surface area contributed by atoms with Gasteiger partial charge < -0.3 is 10.5 Å². The molecule has 1 aromatic carbocycles. The van der Waals surface area contributed by atoms with E-state index in [9.17, 15) is 4.79 Å². The third kappa shape index (κ3) is 3.50. The molecule has 11 heteroatoms. The molecule has 0 spiro atoms. The average Bonchev–Trinajstić information content (AvgIpc) is 3.22. The molecule has 128 valence electrons. The van der Waals surface area contributed by atoms with Crippen molar-refractivity contribution in [3.05, 3.63) is 47.3 Å². The van der Waals surface area contributed by atoms with Crippen molar-refractivity contribution in [2.75, 3.05) is 12.8 Å². The van der Waals surface area contributed by atoms with Gasteiger partial charge in [0.15, 0.2) is 5.69 Å². The summed E-state index contributed by atoms with van der Waals surface area (Å²) in [4.78, 5) is 12.3. The summed E-state index contributed by atoms with van der Waals surface area (Å²) in [6.07, 6.45) is 1.51. The van der Waals surface area contributed by atoms with Crippen LogP contribution in [0, 0.1) is 0 Å². The number of nitrogens with one attached hydrogen (secondary N) is 1. The van der Waals surface area contributed by atoms with Gasteiger partial charge in [-0.2, -0.15) is 9.78 Å². The van der Waals surface area contributed by atoms with Gasteiger partial charge in [0.25, 0.3) is 5.91 Å². The summed E-state index contributed by atoms with van der Waals surface area (Å²) in [5.74, 6) is -0.428. The highest BCUT2D eigenvalue weighted by Crippen LogP contribution is 2.16. The molecule has 0 atom stereocenters. The number of hydrazone groups is 1. The third-order valence-electron chi connectivity index (χ3n) is 3.13. The Morgan fingerprint density at radius 3 is 2.88 bits per heavy atom. The van der Waals surface area contributed by atoms with Crippen LogP contribution >= 0.6 is 0 Å². The molecule has 0 saturated carbocycles. The first-order chi connectivity index (χ1) is 12.2. The molecule has 25 heavy (non-hydrogen) atoms. The van der Waals surface area contributed by atoms with Crippen molar-refractivity contribution in [1.82, 2.24) is 30.7 Å². The maximum Gasteiger partial charge on any atom is 0.293 e. The fraction of sp³-hybridized carbons (Fsp3) is 0.143. The quantitative estimate of drug-likeness (QED) is 0.475. The standard InChI is InChI=1S/C14H14N8O3/c1-24-8-10-11(17-21-22(10)13-12(15)19-25-20-13)14(23)18-16-7-9-5-3-2-4-6-9/h2-7H,8H2,1H3,(H2,15,19)(H,18,23)/b16-7-. The number of ether oxygens (including phenoxy) is 1. The molecule has 1 amide bonds. The van der Waals surface area contributed by atoms with Crippen LogP contribution in [0.3, 0.4) is 0 Å². The van der Waals surface area contributed by atoms with Gasteiger partial charge in [0.1, 0.15) is 5.69 Å². The zero-order valence-corrected chi connectivity index (χ0v) is 13.2. The van der Waals surface area contributed by atoms with Gasteiger partial charge in [-0.15, -0.1) is 5.10 Å². The SMILES string of the molecule is COCc1c(C(=O)N/N=C\c2ccccc2)nnn1-c1nonc1N. The van der Waals surface area contributed by atoms with Crippen LogP contribution in [-0.2, 0) is 11.3 Å². The Kier molecular flexibility index (Phi) is 4.76. The molecule has 3 aromatic rings. The molecule has 11 nitrogen and oxygen atoms in total. The number of aromatic nitrogens is 5. The summed E-state index contributed by atoms with van der Waals surface area (Å²) in [6.45, 7) is 0.0461. The van der Waals surface area contributed by atoms with Crippen molar-refractivity contribution < 1.29 is 14.2 Å². The van der Waals surface area contributed by atoms with Gasteiger partial charge in [0.05, 0.1) is 12.8 Å². The monoisotopic (exact) mass is 342 g/mol. The maximum absolute atomic E-state index is 12.3. The van der Waals surface area contributed by atoms with E-state index in [-0.39, 0.29) is 23.9 Å². The molecule has 0 aliphatic carbocycles. The van der Waals surface area contributed by atoms with Crippen molar-refractivity contribution in [3.8, 4) is 5.82 Å². The van der Waals surface area contributed by atoms with Crippen molar-refractivity contribution in [2.24, 2.45) is 5.10 Å². The number of amides is 1. The van der Waals surface area contributed by atoms with Gasteiger partial charge in [-0.25, -0.2) is 10.1 Å². The summed E-state index contributed by atoms with van der Waals surface area (Å²) in [7, 11) is 1.47. The van der Waals surface area contributed by atoms with Crippen LogP contribution in [-0.4, -0.2) is 44.5 Å². The number of hydrogen-bond donors (Lipinski definition) is 2. The lowest BCUT2D eigenvalue weighted by atomic mass is 10.2. The second-order valence-corrected chi connectivity index (χ2v) is 4.81. The van der Waals surface area contributed by atoms with Gasteiger partial charge in [-0.05, 0) is 15.9 Å². The second-order valence-electron chi connectivity index (χ2n) is 4.81. The van der Waals surface area contributed by atoms with E-state index < -0.39 is 5.91 Å². The minimum Gasteiger partial charge on any atom is -0.378 e. The van der Waals surface area contributed by atoms with Gasteiger partial charge >= 0.3 is 0 Å². The van der Waals surface area contributed by atoms with Crippen molar-refractivity contribution in [2.45, 2.75) is 6.61 Å². The smallest absolute Gasteiger partial charge is 0.293 e. The number of nitrogens with two attached hydrogens (primary N) is 1. The van der Waals surface area contributed by atoms with Crippen LogP contribution in [0.5, 0.6) is 0 Å². The highest BCUT2D eigenvalue weighted by Gasteiger charge is 2.23. The first kappa shape index (κ1) is 16.3. The topological polar surface area (TPSA) is 146 Å². The molecule has 3 N–H and O–H groups in total. The zero-order chi connectivity index (χ0) is 17.6. The second kappa shape index (κ2) is 7.31. The largest absolute Gasteiger partial charge is 0.378 e. The van der Waals surface area contributed by atoms with Crippen LogP contribution in [0.1, 0.15) is 21.7 Å². The van der Waals surface area contributed by atoms with E-state index in [1.807, 2.05) is 30.3 Å². The number of anilines is 1. The number of rotatable bonds is 6. The summed E-state index contributed by atoms with van der Waals surface area (Å²) >= 11 is 0. The molecule has 0 radical (unpaired) electrons. The molecule has 3 rings (SSSR count). The van der Waals surface area contributed by atoms with Crippen LogP contribution in [0.25, 0.3) is 5.82 Å². The van der Waals surface area contributed by atoms with E-state index in [2.05, 4.69) is 35.8 Å².